The van der Waals surface area contributed by atoms with Gasteiger partial charge in [-0.15, -0.1) is 0 Å². The molecule has 1 rings (SSSR count). The first-order valence-electron chi connectivity index (χ1n) is 3.88. The average molecular weight is 254 g/mol. The Morgan fingerprint density at radius 1 is 1.21 bits per heavy atom. The van der Waals surface area contributed by atoms with Crippen LogP contribution in [0, 0.1) is 0 Å². The second-order valence-electron chi connectivity index (χ2n) is 2.47. The van der Waals surface area contributed by atoms with Gasteiger partial charge in [0, 0.05) is 0 Å². The molecule has 0 spiro atoms. The molecule has 2 nitrogen and oxygen atoms in total. The van der Waals surface area contributed by atoms with Crippen LogP contribution in [0.2, 0.25) is 15.1 Å². The molecule has 0 saturated carbocycles. The molecule has 0 bridgehead atoms. The van der Waals surface area contributed by atoms with E-state index >= 15 is 0 Å². The van der Waals surface area contributed by atoms with Crippen LogP contribution in [0.4, 0.5) is 0 Å². The van der Waals surface area contributed by atoms with Crippen molar-refractivity contribution in [1.82, 2.24) is 0 Å². The van der Waals surface area contributed by atoms with Crippen molar-refractivity contribution in [2.45, 2.75) is 6.92 Å². The fourth-order valence-corrected chi connectivity index (χ4v) is 1.51. The molecule has 0 saturated heterocycles. The fourth-order valence-electron chi connectivity index (χ4n) is 0.888. The fraction of sp³-hybridized carbons (Fsp3) is 0.222. The van der Waals surface area contributed by atoms with Crippen molar-refractivity contribution < 1.29 is 9.53 Å². The van der Waals surface area contributed by atoms with Crippen LogP contribution in [0.5, 0.6) is 0 Å². The van der Waals surface area contributed by atoms with Crippen LogP contribution in [0.25, 0.3) is 0 Å². The minimum atomic E-state index is -0.504. The van der Waals surface area contributed by atoms with Crippen LogP contribution in [-0.2, 0) is 4.74 Å². The molecule has 0 aromatic heterocycles. The van der Waals surface area contributed by atoms with Gasteiger partial charge in [-0.2, -0.15) is 0 Å². The molecule has 0 fully saturated rings. The van der Waals surface area contributed by atoms with Crippen molar-refractivity contribution in [2.24, 2.45) is 0 Å². The number of ether oxygens (including phenoxy) is 1. The van der Waals surface area contributed by atoms with Gasteiger partial charge in [-0.25, -0.2) is 4.79 Å². The zero-order chi connectivity index (χ0) is 10.7. The molecule has 14 heavy (non-hydrogen) atoms. The Morgan fingerprint density at radius 2 is 1.79 bits per heavy atom. The topological polar surface area (TPSA) is 26.3 Å². The number of rotatable bonds is 2. The minimum absolute atomic E-state index is 0.225. The van der Waals surface area contributed by atoms with Crippen molar-refractivity contribution in [2.75, 3.05) is 6.61 Å². The van der Waals surface area contributed by atoms with Gasteiger partial charge in [0.25, 0.3) is 0 Å². The van der Waals surface area contributed by atoms with Crippen LogP contribution in [0.3, 0.4) is 0 Å². The molecule has 0 radical (unpaired) electrons. The first-order chi connectivity index (χ1) is 6.56. The zero-order valence-corrected chi connectivity index (χ0v) is 9.58. The van der Waals surface area contributed by atoms with Crippen molar-refractivity contribution in [3.8, 4) is 0 Å². The van der Waals surface area contributed by atoms with E-state index in [1.54, 1.807) is 6.92 Å². The first-order valence-corrected chi connectivity index (χ1v) is 5.01. The third-order valence-electron chi connectivity index (χ3n) is 1.51. The van der Waals surface area contributed by atoms with Crippen molar-refractivity contribution in [3.63, 3.8) is 0 Å². The van der Waals surface area contributed by atoms with Gasteiger partial charge < -0.3 is 4.74 Å². The summed E-state index contributed by atoms with van der Waals surface area (Å²) >= 11 is 17.2. The number of carbonyl (C=O) groups excluding carboxylic acids is 1. The minimum Gasteiger partial charge on any atom is -0.462 e. The lowest BCUT2D eigenvalue weighted by atomic mass is 10.2. The Morgan fingerprint density at radius 3 is 2.36 bits per heavy atom. The Bertz CT molecular complexity index is 363. The quantitative estimate of drug-likeness (QED) is 0.591. The van der Waals surface area contributed by atoms with E-state index in [2.05, 4.69) is 0 Å². The number of esters is 1. The van der Waals surface area contributed by atoms with Gasteiger partial charge in [0.2, 0.25) is 0 Å². The monoisotopic (exact) mass is 252 g/mol. The summed E-state index contributed by atoms with van der Waals surface area (Å²) in [6.45, 7) is 2.00. The molecule has 0 atom stereocenters. The van der Waals surface area contributed by atoms with Crippen LogP contribution < -0.4 is 0 Å². The molecule has 1 aromatic carbocycles. The molecule has 76 valence electrons. The highest BCUT2D eigenvalue weighted by Crippen LogP contribution is 2.29. The molecule has 0 aliphatic heterocycles. The maximum Gasteiger partial charge on any atom is 0.339 e. The smallest absolute Gasteiger partial charge is 0.339 e. The van der Waals surface area contributed by atoms with Gasteiger partial charge in [0.1, 0.15) is 0 Å². The van der Waals surface area contributed by atoms with Crippen LogP contribution in [-0.4, -0.2) is 12.6 Å². The summed E-state index contributed by atoms with van der Waals surface area (Å²) in [6, 6.07) is 2.81. The van der Waals surface area contributed by atoms with Gasteiger partial charge in [0.15, 0.2) is 0 Å². The highest BCUT2D eigenvalue weighted by atomic mass is 35.5. The molecule has 0 aliphatic carbocycles. The molecule has 0 aliphatic rings. The second-order valence-corrected chi connectivity index (χ2v) is 3.69. The number of hydrogen-bond donors (Lipinski definition) is 0. The first kappa shape index (κ1) is 11.6. The second kappa shape index (κ2) is 4.87. The maximum atomic E-state index is 11.3. The Hall–Kier alpha value is -0.440. The predicted octanol–water partition coefficient (Wildman–Crippen LogP) is 3.82. The molecular formula is C9H7Cl3O2. The van der Waals surface area contributed by atoms with E-state index in [1.807, 2.05) is 0 Å². The van der Waals surface area contributed by atoms with Crippen LogP contribution >= 0.6 is 34.8 Å². The Labute approximate surface area is 96.7 Å². The third-order valence-corrected chi connectivity index (χ3v) is 2.54. The van der Waals surface area contributed by atoms with Gasteiger partial charge in [-0.1, -0.05) is 34.8 Å². The summed E-state index contributed by atoms with van der Waals surface area (Å²) in [5, 5.41) is 0.821. The number of hydrogen-bond acceptors (Lipinski definition) is 2. The van der Waals surface area contributed by atoms with E-state index in [-0.39, 0.29) is 22.2 Å². The van der Waals surface area contributed by atoms with Gasteiger partial charge in [0.05, 0.1) is 27.2 Å². The highest BCUT2D eigenvalue weighted by Gasteiger charge is 2.13. The van der Waals surface area contributed by atoms with Crippen LogP contribution in [0.15, 0.2) is 12.1 Å². The summed E-state index contributed by atoms with van der Waals surface area (Å²) in [7, 11) is 0. The highest BCUT2D eigenvalue weighted by molar-refractivity contribution is 6.44. The lowest BCUT2D eigenvalue weighted by Crippen LogP contribution is -2.05. The summed E-state index contributed by atoms with van der Waals surface area (Å²) < 4.78 is 4.78. The Kier molecular flexibility index (Phi) is 4.05. The van der Waals surface area contributed by atoms with Crippen molar-refractivity contribution >= 4 is 40.8 Å². The average Bonchev–Trinajstić information content (AvgIpc) is 2.11. The maximum absolute atomic E-state index is 11.3. The molecule has 0 N–H and O–H groups in total. The van der Waals surface area contributed by atoms with Crippen molar-refractivity contribution in [1.29, 1.82) is 0 Å². The van der Waals surface area contributed by atoms with E-state index in [9.17, 15) is 4.79 Å². The molecule has 0 heterocycles. The van der Waals surface area contributed by atoms with E-state index < -0.39 is 5.97 Å². The molecule has 0 unspecified atom stereocenters. The normalized spacial score (nSPS) is 10.0. The largest absolute Gasteiger partial charge is 0.462 e. The SMILES string of the molecule is CCOC(=O)c1cc(Cl)c(Cl)cc1Cl. The van der Waals surface area contributed by atoms with E-state index in [1.165, 1.54) is 12.1 Å². The van der Waals surface area contributed by atoms with E-state index in [0.29, 0.717) is 5.02 Å². The van der Waals surface area contributed by atoms with Gasteiger partial charge in [-0.3, -0.25) is 0 Å². The predicted molar refractivity (Wildman–Crippen MR) is 57.4 cm³/mol. The lowest BCUT2D eigenvalue weighted by Gasteiger charge is -2.05. The van der Waals surface area contributed by atoms with Gasteiger partial charge in [-0.05, 0) is 19.1 Å². The summed E-state index contributed by atoms with van der Waals surface area (Å²) in [4.78, 5) is 11.3. The molecule has 0 amide bonds. The number of halogens is 3. The summed E-state index contributed by atoms with van der Waals surface area (Å²) in [6.07, 6.45) is 0. The lowest BCUT2D eigenvalue weighted by molar-refractivity contribution is 0.0526. The van der Waals surface area contributed by atoms with E-state index in [4.69, 9.17) is 39.5 Å². The molecule has 1 aromatic rings. The third kappa shape index (κ3) is 2.53. The Balaban J connectivity index is 3.09. The molecular weight excluding hydrogens is 246 g/mol. The van der Waals surface area contributed by atoms with Crippen molar-refractivity contribution in [3.05, 3.63) is 32.8 Å². The van der Waals surface area contributed by atoms with E-state index in [0.717, 1.165) is 0 Å². The summed E-state index contributed by atoms with van der Waals surface area (Å²) in [5.41, 5.74) is 0.225. The van der Waals surface area contributed by atoms with Crippen LogP contribution in [0.1, 0.15) is 17.3 Å². The standard InChI is InChI=1S/C9H7Cl3O2/c1-2-14-9(13)5-3-7(11)8(12)4-6(5)10/h3-4H,2H2,1H3. The number of benzene rings is 1. The summed E-state index contributed by atoms with van der Waals surface area (Å²) in [5.74, 6) is -0.504. The molecule has 5 heteroatoms. The zero-order valence-electron chi connectivity index (χ0n) is 7.31. The van der Waals surface area contributed by atoms with Gasteiger partial charge >= 0.3 is 5.97 Å². The number of carbonyl (C=O) groups is 1.